The molecule has 1 saturated carbocycles. The molecule has 3 aliphatic rings. The van der Waals surface area contributed by atoms with Crippen LogP contribution in [0.4, 0.5) is 0 Å². The Morgan fingerprint density at radius 1 is 1.32 bits per heavy atom. The van der Waals surface area contributed by atoms with Crippen LogP contribution in [0.15, 0.2) is 18.2 Å². The quantitative estimate of drug-likeness (QED) is 0.780. The molecule has 1 amide bonds. The summed E-state index contributed by atoms with van der Waals surface area (Å²) in [5.41, 5.74) is 1.97. The van der Waals surface area contributed by atoms with E-state index in [-0.39, 0.29) is 24.6 Å². The van der Waals surface area contributed by atoms with Gasteiger partial charge in [-0.1, -0.05) is 19.8 Å². The summed E-state index contributed by atoms with van der Waals surface area (Å²) in [6.45, 7) is 4.22. The first-order valence-electron chi connectivity index (χ1n) is 10.4. The first-order chi connectivity index (χ1) is 13.7. The second kappa shape index (κ2) is 9.92. The number of rotatable bonds is 5. The summed E-state index contributed by atoms with van der Waals surface area (Å²) in [4.78, 5) is 23.5. The number of aryl methyl sites for hydroxylation is 1. The number of ether oxygens (including phenoxy) is 2. The molecule has 1 aromatic rings. The molecule has 154 valence electrons. The molecule has 6 heteroatoms. The highest BCUT2D eigenvalue weighted by Gasteiger charge is 2.39. The van der Waals surface area contributed by atoms with Crippen molar-refractivity contribution in [3.05, 3.63) is 29.3 Å². The smallest absolute Gasteiger partial charge is 0.290 e. The molecular formula is C22H31NO5. The zero-order chi connectivity index (χ0) is 19.9. The standard InChI is InChI=1S/C21H29NO3.CH2O2/c1-2-3-6-18-13-22(14-20(25-18)15-7-8-15)21(23)17-9-10-19-16(12-17)5-4-11-24-19;2-1-3/h9-10,12,15,18,20H,2-8,11,13-14H2,1H3;1H,(H,2,3)/t18-,20-;/m1./s1. The van der Waals surface area contributed by atoms with Crippen molar-refractivity contribution < 1.29 is 24.2 Å². The van der Waals surface area contributed by atoms with Gasteiger partial charge in [0.2, 0.25) is 0 Å². The Morgan fingerprint density at radius 3 is 2.82 bits per heavy atom. The largest absolute Gasteiger partial charge is 0.493 e. The van der Waals surface area contributed by atoms with Gasteiger partial charge in [0.05, 0.1) is 18.8 Å². The van der Waals surface area contributed by atoms with Crippen LogP contribution in [-0.4, -0.2) is 54.3 Å². The van der Waals surface area contributed by atoms with Crippen molar-refractivity contribution in [1.29, 1.82) is 0 Å². The number of amides is 1. The van der Waals surface area contributed by atoms with Crippen LogP contribution in [0.25, 0.3) is 0 Å². The molecule has 0 unspecified atom stereocenters. The minimum atomic E-state index is -0.250. The molecule has 2 aliphatic heterocycles. The van der Waals surface area contributed by atoms with Crippen molar-refractivity contribution in [3.63, 3.8) is 0 Å². The lowest BCUT2D eigenvalue weighted by atomic mass is 10.0. The number of hydrogen-bond acceptors (Lipinski definition) is 4. The number of fused-ring (bicyclic) bond motifs is 1. The van der Waals surface area contributed by atoms with Crippen molar-refractivity contribution >= 4 is 12.4 Å². The molecule has 1 aliphatic carbocycles. The van der Waals surface area contributed by atoms with E-state index in [0.29, 0.717) is 5.92 Å². The Morgan fingerprint density at radius 2 is 2.11 bits per heavy atom. The monoisotopic (exact) mass is 389 g/mol. The second-order valence-electron chi connectivity index (χ2n) is 7.87. The van der Waals surface area contributed by atoms with E-state index in [4.69, 9.17) is 19.4 Å². The summed E-state index contributed by atoms with van der Waals surface area (Å²) in [5, 5.41) is 6.89. The summed E-state index contributed by atoms with van der Waals surface area (Å²) in [7, 11) is 0. The lowest BCUT2D eigenvalue weighted by Crippen LogP contribution is -2.50. The van der Waals surface area contributed by atoms with Gasteiger partial charge in [0.25, 0.3) is 12.4 Å². The third-order valence-corrected chi connectivity index (χ3v) is 5.66. The Labute approximate surface area is 166 Å². The fourth-order valence-corrected chi connectivity index (χ4v) is 4.03. The molecule has 6 nitrogen and oxygen atoms in total. The molecule has 1 aromatic carbocycles. The number of carbonyl (C=O) groups is 2. The Kier molecular flexibility index (Phi) is 7.31. The van der Waals surface area contributed by atoms with Crippen molar-refractivity contribution in [1.82, 2.24) is 4.90 Å². The van der Waals surface area contributed by atoms with Crippen LogP contribution < -0.4 is 4.74 Å². The van der Waals surface area contributed by atoms with Gasteiger partial charge in [-0.3, -0.25) is 9.59 Å². The molecule has 4 rings (SSSR count). The van der Waals surface area contributed by atoms with Gasteiger partial charge in [0, 0.05) is 18.7 Å². The van der Waals surface area contributed by atoms with Gasteiger partial charge in [-0.25, -0.2) is 0 Å². The van der Waals surface area contributed by atoms with Gasteiger partial charge in [0.1, 0.15) is 5.75 Å². The molecule has 2 heterocycles. The normalized spacial score (nSPS) is 23.7. The van der Waals surface area contributed by atoms with Gasteiger partial charge in [-0.05, 0) is 61.8 Å². The van der Waals surface area contributed by atoms with E-state index < -0.39 is 0 Å². The highest BCUT2D eigenvalue weighted by molar-refractivity contribution is 5.94. The number of benzene rings is 1. The van der Waals surface area contributed by atoms with Crippen LogP contribution in [0, 0.1) is 5.92 Å². The molecule has 0 spiro atoms. The number of morpholine rings is 1. The highest BCUT2D eigenvalue weighted by Crippen LogP contribution is 2.37. The van der Waals surface area contributed by atoms with Crippen molar-refractivity contribution in [2.45, 2.75) is 64.1 Å². The Hall–Kier alpha value is -2.08. The van der Waals surface area contributed by atoms with Crippen LogP contribution >= 0.6 is 0 Å². The first-order valence-corrected chi connectivity index (χ1v) is 10.4. The van der Waals surface area contributed by atoms with Gasteiger partial charge in [-0.15, -0.1) is 0 Å². The molecule has 28 heavy (non-hydrogen) atoms. The minimum Gasteiger partial charge on any atom is -0.493 e. The zero-order valence-corrected chi connectivity index (χ0v) is 16.6. The Balaban J connectivity index is 0.000000706. The van der Waals surface area contributed by atoms with Gasteiger partial charge < -0.3 is 19.5 Å². The zero-order valence-electron chi connectivity index (χ0n) is 16.6. The summed E-state index contributed by atoms with van der Waals surface area (Å²) >= 11 is 0. The first kappa shape index (κ1) is 20.6. The van der Waals surface area contributed by atoms with Gasteiger partial charge in [-0.2, -0.15) is 0 Å². The van der Waals surface area contributed by atoms with E-state index in [1.165, 1.54) is 31.2 Å². The average Bonchev–Trinajstić information content (AvgIpc) is 3.57. The molecular weight excluding hydrogens is 358 g/mol. The molecule has 2 fully saturated rings. The SMILES string of the molecule is CCCC[C@@H]1CN(C(=O)c2ccc3c(c2)CCCO3)C[C@H](C2CC2)O1.O=CO. The van der Waals surface area contributed by atoms with Crippen LogP contribution in [0.2, 0.25) is 0 Å². The third-order valence-electron chi connectivity index (χ3n) is 5.66. The van der Waals surface area contributed by atoms with E-state index in [2.05, 4.69) is 6.92 Å². The molecule has 0 bridgehead atoms. The summed E-state index contributed by atoms with van der Waals surface area (Å²) in [6.07, 6.45) is 8.38. The van der Waals surface area contributed by atoms with Crippen LogP contribution in [-0.2, 0) is 16.0 Å². The van der Waals surface area contributed by atoms with Crippen LogP contribution in [0.1, 0.15) is 61.4 Å². The number of carbonyl (C=O) groups excluding carboxylic acids is 1. The fraction of sp³-hybridized carbons (Fsp3) is 0.636. The highest BCUT2D eigenvalue weighted by atomic mass is 16.5. The summed E-state index contributed by atoms with van der Waals surface area (Å²) in [6, 6.07) is 5.93. The number of carboxylic acid groups (broad SMARTS) is 1. The lowest BCUT2D eigenvalue weighted by Gasteiger charge is -2.38. The Bertz CT molecular complexity index is 673. The maximum atomic E-state index is 13.1. The topological polar surface area (TPSA) is 76.1 Å². The van der Waals surface area contributed by atoms with E-state index in [0.717, 1.165) is 50.3 Å². The predicted molar refractivity (Wildman–Crippen MR) is 106 cm³/mol. The lowest BCUT2D eigenvalue weighted by molar-refractivity contribution is -0.122. The number of nitrogens with zero attached hydrogens (tertiary/aromatic N) is 1. The molecule has 1 saturated heterocycles. The number of unbranched alkanes of at least 4 members (excludes halogenated alkanes) is 1. The fourth-order valence-electron chi connectivity index (χ4n) is 4.03. The molecule has 2 atom stereocenters. The van der Waals surface area contributed by atoms with E-state index in [9.17, 15) is 4.79 Å². The molecule has 1 N–H and O–H groups in total. The van der Waals surface area contributed by atoms with E-state index in [1.54, 1.807) is 0 Å². The van der Waals surface area contributed by atoms with Gasteiger partial charge in [0.15, 0.2) is 0 Å². The van der Waals surface area contributed by atoms with Crippen molar-refractivity contribution in [3.8, 4) is 5.75 Å². The maximum absolute atomic E-state index is 13.1. The molecule has 0 aromatic heterocycles. The molecule has 0 radical (unpaired) electrons. The van der Waals surface area contributed by atoms with Crippen LogP contribution in [0.3, 0.4) is 0 Å². The van der Waals surface area contributed by atoms with Crippen molar-refractivity contribution in [2.75, 3.05) is 19.7 Å². The third kappa shape index (κ3) is 5.25. The average molecular weight is 389 g/mol. The van der Waals surface area contributed by atoms with Crippen molar-refractivity contribution in [2.24, 2.45) is 5.92 Å². The van der Waals surface area contributed by atoms with Gasteiger partial charge >= 0.3 is 0 Å². The second-order valence-corrected chi connectivity index (χ2v) is 7.87. The van der Waals surface area contributed by atoms with E-state index in [1.807, 2.05) is 23.1 Å². The van der Waals surface area contributed by atoms with E-state index >= 15 is 0 Å². The minimum absolute atomic E-state index is 0.156. The predicted octanol–water partition coefficient (Wildman–Crippen LogP) is 3.52. The van der Waals surface area contributed by atoms with Crippen LogP contribution in [0.5, 0.6) is 5.75 Å². The number of hydrogen-bond donors (Lipinski definition) is 1. The maximum Gasteiger partial charge on any atom is 0.290 e. The summed E-state index contributed by atoms with van der Waals surface area (Å²) < 4.78 is 12.0. The summed E-state index contributed by atoms with van der Waals surface area (Å²) in [5.74, 6) is 1.77.